The number of rotatable bonds is 5. The van der Waals surface area contributed by atoms with E-state index in [1.807, 2.05) is 6.92 Å². The van der Waals surface area contributed by atoms with Gasteiger partial charge in [0, 0.05) is 18.4 Å². The fourth-order valence-electron chi connectivity index (χ4n) is 3.08. The van der Waals surface area contributed by atoms with Gasteiger partial charge in [0.25, 0.3) is 0 Å². The maximum absolute atomic E-state index is 13.8. The van der Waals surface area contributed by atoms with E-state index in [4.69, 9.17) is 4.74 Å². The van der Waals surface area contributed by atoms with Crippen LogP contribution in [0.3, 0.4) is 0 Å². The summed E-state index contributed by atoms with van der Waals surface area (Å²) in [7, 11) is 0. The Morgan fingerprint density at radius 3 is 2.52 bits per heavy atom. The number of nitrogens with zero attached hydrogens (tertiary/aromatic N) is 1. The van der Waals surface area contributed by atoms with Crippen LogP contribution in [0.15, 0.2) is 36.4 Å². The Morgan fingerprint density at radius 1 is 1.20 bits per heavy atom. The topological polar surface area (TPSA) is 41.6 Å². The molecule has 0 unspecified atom stereocenters. The zero-order valence-electron chi connectivity index (χ0n) is 13.8. The maximum Gasteiger partial charge on any atom is 0.409 e. The number of hydrazine groups is 1. The van der Waals surface area contributed by atoms with Gasteiger partial charge in [-0.3, -0.25) is 10.2 Å². The molecule has 25 heavy (non-hydrogen) atoms. The van der Waals surface area contributed by atoms with E-state index >= 15 is 0 Å². The average Bonchev–Trinajstić information content (AvgIpc) is 2.98. The quantitative estimate of drug-likeness (QED) is 0.885. The lowest BCUT2D eigenvalue weighted by Gasteiger charge is -2.30. The third kappa shape index (κ3) is 3.56. The molecule has 1 N–H and O–H groups in total. The summed E-state index contributed by atoms with van der Waals surface area (Å²) in [5, 5.41) is 2.07. The molecule has 0 saturated carbocycles. The first-order chi connectivity index (χ1) is 11.9. The van der Waals surface area contributed by atoms with Gasteiger partial charge in [-0.15, -0.1) is 0 Å². The third-order valence-electron chi connectivity index (χ3n) is 4.14. The van der Waals surface area contributed by atoms with Gasteiger partial charge in [-0.2, -0.15) is 13.2 Å². The van der Waals surface area contributed by atoms with Gasteiger partial charge in [0.1, 0.15) is 5.75 Å². The lowest BCUT2D eigenvalue weighted by Crippen LogP contribution is -2.43. The smallest absolute Gasteiger partial charge is 0.409 e. The van der Waals surface area contributed by atoms with E-state index in [1.54, 1.807) is 30.3 Å². The summed E-state index contributed by atoms with van der Waals surface area (Å²) >= 11 is 0. The van der Waals surface area contributed by atoms with E-state index in [-0.39, 0.29) is 18.5 Å². The van der Waals surface area contributed by atoms with Gasteiger partial charge in [-0.1, -0.05) is 37.3 Å². The molecule has 1 atom stereocenters. The molecule has 1 aliphatic heterocycles. The molecule has 0 aliphatic carbocycles. The van der Waals surface area contributed by atoms with Crippen molar-refractivity contribution >= 4 is 16.7 Å². The lowest BCUT2D eigenvalue weighted by molar-refractivity contribution is -0.190. The molecular formula is C18H19F3N2O2. The van der Waals surface area contributed by atoms with Crippen LogP contribution < -0.4 is 10.2 Å². The molecule has 7 heteroatoms. The number of halogens is 3. The molecule has 1 fully saturated rings. The molecule has 134 valence electrons. The number of nitrogens with one attached hydrogen (secondary N) is 1. The van der Waals surface area contributed by atoms with Crippen LogP contribution in [-0.2, 0) is 4.79 Å². The highest BCUT2D eigenvalue weighted by atomic mass is 19.4. The minimum absolute atomic E-state index is 0.0193. The van der Waals surface area contributed by atoms with Crippen LogP contribution in [0, 0.1) is 0 Å². The summed E-state index contributed by atoms with van der Waals surface area (Å²) in [6.45, 7) is 2.48. The zero-order chi connectivity index (χ0) is 18.0. The van der Waals surface area contributed by atoms with E-state index in [1.165, 1.54) is 6.07 Å². The second kappa shape index (κ2) is 6.92. The lowest BCUT2D eigenvalue weighted by atomic mass is 9.97. The SMILES string of the molecule is CCCOc1ccc([C@H](N2CCC(=O)N2)C(F)(F)F)c2ccccc12. The van der Waals surface area contributed by atoms with Crippen molar-refractivity contribution < 1.29 is 22.7 Å². The summed E-state index contributed by atoms with van der Waals surface area (Å²) in [6.07, 6.45) is -3.66. The van der Waals surface area contributed by atoms with Crippen molar-refractivity contribution in [2.24, 2.45) is 0 Å². The summed E-state index contributed by atoms with van der Waals surface area (Å²) in [4.78, 5) is 11.4. The molecule has 0 radical (unpaired) electrons. The molecule has 1 heterocycles. The highest BCUT2D eigenvalue weighted by Gasteiger charge is 2.47. The van der Waals surface area contributed by atoms with Crippen molar-refractivity contribution in [1.82, 2.24) is 10.4 Å². The van der Waals surface area contributed by atoms with E-state index in [2.05, 4.69) is 5.43 Å². The van der Waals surface area contributed by atoms with Crippen molar-refractivity contribution in [3.63, 3.8) is 0 Å². The molecule has 3 rings (SSSR count). The van der Waals surface area contributed by atoms with Crippen LogP contribution in [0.25, 0.3) is 10.8 Å². The first kappa shape index (κ1) is 17.5. The summed E-state index contributed by atoms with van der Waals surface area (Å²) in [5.41, 5.74) is 2.42. The fraction of sp³-hybridized carbons (Fsp3) is 0.389. The number of amides is 1. The first-order valence-corrected chi connectivity index (χ1v) is 8.19. The van der Waals surface area contributed by atoms with Gasteiger partial charge in [0.2, 0.25) is 5.91 Å². The second-order valence-electron chi connectivity index (χ2n) is 5.97. The maximum atomic E-state index is 13.8. The zero-order valence-corrected chi connectivity index (χ0v) is 13.8. The Balaban J connectivity index is 2.10. The van der Waals surface area contributed by atoms with Gasteiger partial charge in [0.15, 0.2) is 6.04 Å². The van der Waals surface area contributed by atoms with E-state index in [9.17, 15) is 18.0 Å². The van der Waals surface area contributed by atoms with Crippen LogP contribution >= 0.6 is 0 Å². The van der Waals surface area contributed by atoms with Crippen LogP contribution in [0.2, 0.25) is 0 Å². The molecule has 0 spiro atoms. The van der Waals surface area contributed by atoms with Gasteiger partial charge >= 0.3 is 6.18 Å². The van der Waals surface area contributed by atoms with Crippen LogP contribution in [0.4, 0.5) is 13.2 Å². The normalized spacial score (nSPS) is 16.9. The van der Waals surface area contributed by atoms with Crippen molar-refractivity contribution in [3.05, 3.63) is 42.0 Å². The van der Waals surface area contributed by atoms with E-state index in [0.29, 0.717) is 23.1 Å². The summed E-state index contributed by atoms with van der Waals surface area (Å²) < 4.78 is 47.0. The van der Waals surface area contributed by atoms with E-state index in [0.717, 1.165) is 11.4 Å². The second-order valence-corrected chi connectivity index (χ2v) is 5.97. The van der Waals surface area contributed by atoms with Crippen LogP contribution in [0.5, 0.6) is 5.75 Å². The minimum Gasteiger partial charge on any atom is -0.493 e. The Hall–Kier alpha value is -2.28. The van der Waals surface area contributed by atoms with Crippen LogP contribution in [0.1, 0.15) is 31.4 Å². The molecule has 2 aromatic rings. The predicted octanol–water partition coefficient (Wildman–Crippen LogP) is 3.97. The molecular weight excluding hydrogens is 333 g/mol. The Bertz CT molecular complexity index is 776. The van der Waals surface area contributed by atoms with E-state index < -0.39 is 18.1 Å². The monoisotopic (exact) mass is 352 g/mol. The van der Waals surface area contributed by atoms with Gasteiger partial charge in [-0.05, 0) is 23.4 Å². The third-order valence-corrected chi connectivity index (χ3v) is 4.14. The van der Waals surface area contributed by atoms with Gasteiger partial charge in [-0.25, -0.2) is 5.01 Å². The fourth-order valence-corrected chi connectivity index (χ4v) is 3.08. The number of ether oxygens (including phenoxy) is 1. The molecule has 1 saturated heterocycles. The number of hydrogen-bond donors (Lipinski definition) is 1. The molecule has 1 aliphatic rings. The number of carbonyl (C=O) groups is 1. The minimum atomic E-state index is -4.52. The molecule has 1 amide bonds. The van der Waals surface area contributed by atoms with Crippen molar-refractivity contribution in [2.75, 3.05) is 13.2 Å². The average molecular weight is 352 g/mol. The van der Waals surface area contributed by atoms with Gasteiger partial charge in [0.05, 0.1) is 6.61 Å². The van der Waals surface area contributed by atoms with Crippen LogP contribution in [-0.4, -0.2) is 30.2 Å². The standard InChI is InChI=1S/C18H19F3N2O2/c1-2-11-25-15-8-7-14(12-5-3-4-6-13(12)15)17(18(19,20)21)23-10-9-16(24)22-23/h3-8,17H,2,9-11H2,1H3,(H,22,24)/t17-/m0/s1. The number of benzene rings is 2. The molecule has 0 bridgehead atoms. The van der Waals surface area contributed by atoms with Crippen molar-refractivity contribution in [2.45, 2.75) is 32.0 Å². The molecule has 4 nitrogen and oxygen atoms in total. The molecule has 0 aromatic heterocycles. The largest absolute Gasteiger partial charge is 0.493 e. The Labute approximate surface area is 143 Å². The van der Waals surface area contributed by atoms with Crippen molar-refractivity contribution in [3.8, 4) is 5.75 Å². The number of fused-ring (bicyclic) bond motifs is 1. The number of hydrogen-bond acceptors (Lipinski definition) is 3. The first-order valence-electron chi connectivity index (χ1n) is 8.19. The summed E-state index contributed by atoms with van der Waals surface area (Å²) in [5.74, 6) is 0.161. The Kier molecular flexibility index (Phi) is 4.85. The predicted molar refractivity (Wildman–Crippen MR) is 88.0 cm³/mol. The van der Waals surface area contributed by atoms with Crippen molar-refractivity contribution in [1.29, 1.82) is 0 Å². The number of carbonyl (C=O) groups excluding carboxylic acids is 1. The molecule has 2 aromatic carbocycles. The number of alkyl halides is 3. The highest BCUT2D eigenvalue weighted by molar-refractivity contribution is 5.91. The Morgan fingerprint density at radius 2 is 1.92 bits per heavy atom. The van der Waals surface area contributed by atoms with Gasteiger partial charge < -0.3 is 4.74 Å². The highest BCUT2D eigenvalue weighted by Crippen LogP contribution is 2.42. The summed E-state index contributed by atoms with van der Waals surface area (Å²) in [6, 6.07) is 7.99.